The van der Waals surface area contributed by atoms with Crippen LogP contribution in [-0.2, 0) is 14.3 Å². The van der Waals surface area contributed by atoms with E-state index in [0.29, 0.717) is 29.6 Å². The normalized spacial score (nSPS) is 15.5. The summed E-state index contributed by atoms with van der Waals surface area (Å²) in [5, 5.41) is 11.8. The maximum Gasteiger partial charge on any atom is 0.270 e. The fourth-order valence-corrected chi connectivity index (χ4v) is 2.66. The van der Waals surface area contributed by atoms with Crippen LogP contribution in [0.15, 0.2) is 18.2 Å². The van der Waals surface area contributed by atoms with E-state index in [4.69, 9.17) is 26.2 Å². The molecule has 2 rings (SSSR count). The van der Waals surface area contributed by atoms with Gasteiger partial charge in [0.25, 0.3) is 5.91 Å². The van der Waals surface area contributed by atoms with E-state index >= 15 is 0 Å². The molecule has 1 heterocycles. The smallest absolute Gasteiger partial charge is 0.270 e. The Hall–Kier alpha value is -1.83. The molecule has 0 saturated carbocycles. The van der Waals surface area contributed by atoms with Crippen LogP contribution in [0.5, 0.6) is 5.75 Å². The lowest BCUT2D eigenvalue weighted by atomic mass is 10.0. The molecule has 0 unspecified atom stereocenters. The fraction of sp³-hybridized carbons (Fsp3) is 0.529. The van der Waals surface area contributed by atoms with Gasteiger partial charge in [0.15, 0.2) is 5.60 Å². The number of rotatable bonds is 8. The first-order chi connectivity index (χ1) is 11.8. The van der Waals surface area contributed by atoms with Gasteiger partial charge >= 0.3 is 0 Å². The summed E-state index contributed by atoms with van der Waals surface area (Å²) in [7, 11) is 0. The number of halogens is 1. The molecule has 8 heteroatoms. The maximum absolute atomic E-state index is 12.6. The Balaban J connectivity index is 1.97. The Morgan fingerprint density at radius 3 is 2.88 bits per heavy atom. The predicted octanol–water partition coefficient (Wildman–Crippen LogP) is 1.36. The van der Waals surface area contributed by atoms with Gasteiger partial charge in [-0.3, -0.25) is 9.59 Å². The molecule has 0 spiro atoms. The van der Waals surface area contributed by atoms with E-state index in [1.54, 1.807) is 32.0 Å². The minimum absolute atomic E-state index is 0.0508. The zero-order chi connectivity index (χ0) is 18.4. The minimum atomic E-state index is -1.00. The monoisotopic (exact) mass is 370 g/mol. The second-order valence-corrected chi connectivity index (χ2v) is 6.55. The van der Waals surface area contributed by atoms with E-state index in [-0.39, 0.29) is 38.0 Å². The number of anilines is 1. The molecule has 0 radical (unpaired) electrons. The van der Waals surface area contributed by atoms with E-state index in [2.05, 4.69) is 5.32 Å². The average Bonchev–Trinajstić information content (AvgIpc) is 2.56. The highest BCUT2D eigenvalue weighted by Crippen LogP contribution is 2.39. The molecule has 0 bridgehead atoms. The SMILES string of the molecule is CC1(C)Oc2ccc(Cl)cc2N(CCC(=O)NCCOCCO)C1=O. The number of aliphatic hydroxyl groups is 1. The van der Waals surface area contributed by atoms with Gasteiger partial charge in [-0.05, 0) is 32.0 Å². The molecule has 1 aliphatic heterocycles. The first-order valence-electron chi connectivity index (χ1n) is 8.11. The van der Waals surface area contributed by atoms with Crippen LogP contribution in [0.25, 0.3) is 0 Å². The van der Waals surface area contributed by atoms with Crippen molar-refractivity contribution in [3.8, 4) is 5.75 Å². The lowest BCUT2D eigenvalue weighted by molar-refractivity contribution is -0.132. The number of carbonyl (C=O) groups excluding carboxylic acids is 2. The number of ether oxygens (including phenoxy) is 2. The highest BCUT2D eigenvalue weighted by atomic mass is 35.5. The Labute approximate surface area is 151 Å². The zero-order valence-corrected chi connectivity index (χ0v) is 15.1. The van der Waals surface area contributed by atoms with Gasteiger partial charge in [0.1, 0.15) is 5.75 Å². The first-order valence-corrected chi connectivity index (χ1v) is 8.49. The van der Waals surface area contributed by atoms with Gasteiger partial charge in [-0.1, -0.05) is 11.6 Å². The Bertz CT molecular complexity index is 635. The highest BCUT2D eigenvalue weighted by Gasteiger charge is 2.40. The predicted molar refractivity (Wildman–Crippen MR) is 94.0 cm³/mol. The molecule has 7 nitrogen and oxygen atoms in total. The topological polar surface area (TPSA) is 88.1 Å². The van der Waals surface area contributed by atoms with E-state index in [9.17, 15) is 9.59 Å². The Morgan fingerprint density at radius 1 is 1.40 bits per heavy atom. The van der Waals surface area contributed by atoms with Crippen LogP contribution in [-0.4, -0.2) is 55.4 Å². The van der Waals surface area contributed by atoms with Crippen LogP contribution in [0.2, 0.25) is 5.02 Å². The van der Waals surface area contributed by atoms with E-state index < -0.39 is 5.60 Å². The van der Waals surface area contributed by atoms with E-state index in [0.717, 1.165) is 0 Å². The lowest BCUT2D eigenvalue weighted by Crippen LogP contribution is -2.53. The van der Waals surface area contributed by atoms with Crippen LogP contribution in [0.1, 0.15) is 20.3 Å². The molecule has 1 aromatic carbocycles. The third-order valence-electron chi connectivity index (χ3n) is 3.70. The van der Waals surface area contributed by atoms with Gasteiger partial charge in [-0.2, -0.15) is 0 Å². The molecule has 0 aromatic heterocycles. The molecule has 25 heavy (non-hydrogen) atoms. The van der Waals surface area contributed by atoms with Crippen molar-refractivity contribution in [3.63, 3.8) is 0 Å². The zero-order valence-electron chi connectivity index (χ0n) is 14.4. The summed E-state index contributed by atoms with van der Waals surface area (Å²) in [6.45, 7) is 4.48. The van der Waals surface area contributed by atoms with Crippen LogP contribution < -0.4 is 15.0 Å². The molecule has 138 valence electrons. The second kappa shape index (κ2) is 8.51. The Kier molecular flexibility index (Phi) is 6.64. The van der Waals surface area contributed by atoms with Crippen molar-refractivity contribution in [2.24, 2.45) is 0 Å². The molecular weight excluding hydrogens is 348 g/mol. The van der Waals surface area contributed by atoms with Crippen LogP contribution in [0, 0.1) is 0 Å². The van der Waals surface area contributed by atoms with Crippen molar-refractivity contribution >= 4 is 29.1 Å². The molecule has 0 aliphatic carbocycles. The molecular formula is C17H23ClN2O5. The maximum atomic E-state index is 12.6. The van der Waals surface area contributed by atoms with Gasteiger partial charge in [-0.25, -0.2) is 0 Å². The number of benzene rings is 1. The second-order valence-electron chi connectivity index (χ2n) is 6.12. The van der Waals surface area contributed by atoms with Gasteiger partial charge in [0.2, 0.25) is 5.91 Å². The Morgan fingerprint density at radius 2 is 2.16 bits per heavy atom. The van der Waals surface area contributed by atoms with Gasteiger partial charge in [0.05, 0.1) is 25.5 Å². The van der Waals surface area contributed by atoms with Crippen molar-refractivity contribution in [3.05, 3.63) is 23.2 Å². The number of hydrogen-bond donors (Lipinski definition) is 2. The number of amides is 2. The largest absolute Gasteiger partial charge is 0.476 e. The third-order valence-corrected chi connectivity index (χ3v) is 3.94. The summed E-state index contributed by atoms with van der Waals surface area (Å²) < 4.78 is 10.8. The van der Waals surface area contributed by atoms with Crippen molar-refractivity contribution in [1.82, 2.24) is 5.32 Å². The minimum Gasteiger partial charge on any atom is -0.476 e. The summed E-state index contributed by atoms with van der Waals surface area (Å²) in [5.41, 5.74) is -0.439. The summed E-state index contributed by atoms with van der Waals surface area (Å²) in [6, 6.07) is 5.08. The van der Waals surface area contributed by atoms with Crippen LogP contribution >= 0.6 is 11.6 Å². The number of aliphatic hydroxyl groups excluding tert-OH is 1. The molecule has 1 aromatic rings. The van der Waals surface area contributed by atoms with Gasteiger partial charge in [0, 0.05) is 24.5 Å². The van der Waals surface area contributed by atoms with E-state index in [1.165, 1.54) is 4.90 Å². The number of hydrogen-bond acceptors (Lipinski definition) is 5. The molecule has 0 atom stereocenters. The average molecular weight is 371 g/mol. The molecule has 1 aliphatic rings. The summed E-state index contributed by atoms with van der Waals surface area (Å²) in [6.07, 6.45) is 0.147. The van der Waals surface area contributed by atoms with E-state index in [1.807, 2.05) is 0 Å². The van der Waals surface area contributed by atoms with Gasteiger partial charge in [-0.15, -0.1) is 0 Å². The standard InChI is InChI=1S/C17H23ClN2O5/c1-17(2)16(23)20(13-11-12(18)3-4-14(13)25-17)7-5-15(22)19-6-9-24-10-8-21/h3-4,11,21H,5-10H2,1-2H3,(H,19,22). The van der Waals surface area contributed by atoms with Gasteiger partial charge < -0.3 is 24.8 Å². The number of nitrogens with zero attached hydrogens (tertiary/aromatic N) is 1. The van der Waals surface area contributed by atoms with Crippen molar-refractivity contribution in [2.75, 3.05) is 37.8 Å². The van der Waals surface area contributed by atoms with Crippen molar-refractivity contribution in [2.45, 2.75) is 25.9 Å². The summed E-state index contributed by atoms with van der Waals surface area (Å²) >= 11 is 6.03. The highest BCUT2D eigenvalue weighted by molar-refractivity contribution is 6.31. The first kappa shape index (κ1) is 19.5. The van der Waals surface area contributed by atoms with Crippen LogP contribution in [0.4, 0.5) is 5.69 Å². The van der Waals surface area contributed by atoms with Crippen molar-refractivity contribution < 1.29 is 24.2 Å². The van der Waals surface area contributed by atoms with Crippen LogP contribution in [0.3, 0.4) is 0 Å². The fourth-order valence-electron chi connectivity index (χ4n) is 2.49. The summed E-state index contributed by atoms with van der Waals surface area (Å²) in [5.74, 6) is 0.154. The molecule has 0 fully saturated rings. The number of carbonyl (C=O) groups is 2. The number of nitrogens with one attached hydrogen (secondary N) is 1. The van der Waals surface area contributed by atoms with Crippen molar-refractivity contribution in [1.29, 1.82) is 0 Å². The number of fused-ring (bicyclic) bond motifs is 1. The quantitative estimate of drug-likeness (QED) is 0.674. The molecule has 2 N–H and O–H groups in total. The molecule has 0 saturated heterocycles. The lowest BCUT2D eigenvalue weighted by Gasteiger charge is -2.38. The molecule has 2 amide bonds. The summed E-state index contributed by atoms with van der Waals surface area (Å²) in [4.78, 5) is 26.1. The third kappa shape index (κ3) is 5.07.